The number of imidazole rings is 1. The highest BCUT2D eigenvalue weighted by molar-refractivity contribution is 6.30. The number of methoxy groups -OCH3 is 1. The van der Waals surface area contributed by atoms with Crippen LogP contribution in [0.4, 0.5) is 5.95 Å². The molecule has 2 aromatic carbocycles. The first kappa shape index (κ1) is 19.6. The third-order valence-corrected chi connectivity index (χ3v) is 5.65. The van der Waals surface area contributed by atoms with Crippen LogP contribution in [-0.4, -0.2) is 42.6 Å². The summed E-state index contributed by atoms with van der Waals surface area (Å²) in [4.78, 5) is 22.9. The third kappa shape index (κ3) is 4.65. The van der Waals surface area contributed by atoms with Gasteiger partial charge in [-0.05, 0) is 49.1 Å². The number of halogens is 1. The van der Waals surface area contributed by atoms with Crippen molar-refractivity contribution in [1.82, 2.24) is 15.3 Å². The maximum Gasteiger partial charge on any atom is 0.224 e. The number of ether oxygens (including phenoxy) is 1. The summed E-state index contributed by atoms with van der Waals surface area (Å²) in [6.07, 6.45) is 2.66. The molecule has 0 bridgehead atoms. The van der Waals surface area contributed by atoms with Gasteiger partial charge in [0.05, 0.1) is 24.1 Å². The molecule has 0 aliphatic carbocycles. The van der Waals surface area contributed by atoms with Gasteiger partial charge in [-0.15, -0.1) is 0 Å². The minimum atomic E-state index is -0.0308. The Balaban J connectivity index is 1.35. The molecule has 1 fully saturated rings. The first-order valence-electron chi connectivity index (χ1n) is 9.93. The van der Waals surface area contributed by atoms with E-state index in [-0.39, 0.29) is 11.8 Å². The summed E-state index contributed by atoms with van der Waals surface area (Å²) in [7, 11) is 1.65. The Kier molecular flexibility index (Phi) is 5.90. The second-order valence-corrected chi connectivity index (χ2v) is 7.83. The lowest BCUT2D eigenvalue weighted by atomic mass is 9.97. The van der Waals surface area contributed by atoms with Gasteiger partial charge in [0.15, 0.2) is 0 Å². The summed E-state index contributed by atoms with van der Waals surface area (Å²) in [5, 5.41) is 3.81. The first-order chi connectivity index (χ1) is 14.1. The number of nitrogens with one attached hydrogen (secondary N) is 2. The number of nitrogens with zero attached hydrogens (tertiary/aromatic N) is 2. The van der Waals surface area contributed by atoms with Crippen LogP contribution in [0.3, 0.4) is 0 Å². The molecule has 1 aliphatic heterocycles. The number of amides is 1. The number of rotatable bonds is 6. The molecule has 0 saturated carbocycles. The molecular weight excluding hydrogens is 388 g/mol. The van der Waals surface area contributed by atoms with Crippen molar-refractivity contribution in [3.63, 3.8) is 0 Å². The van der Waals surface area contributed by atoms with E-state index in [2.05, 4.69) is 20.2 Å². The number of hydrogen-bond donors (Lipinski definition) is 2. The summed E-state index contributed by atoms with van der Waals surface area (Å²) in [5.74, 6) is 1.69. The second-order valence-electron chi connectivity index (χ2n) is 7.40. The molecule has 1 amide bonds. The zero-order valence-corrected chi connectivity index (χ0v) is 17.2. The highest BCUT2D eigenvalue weighted by Gasteiger charge is 2.27. The number of hydrogen-bond acceptors (Lipinski definition) is 4. The Hall–Kier alpha value is -2.73. The number of H-pyrrole nitrogens is 1. The lowest BCUT2D eigenvalue weighted by Crippen LogP contribution is -2.43. The number of aromatic amines is 1. The van der Waals surface area contributed by atoms with Gasteiger partial charge in [-0.3, -0.25) is 4.79 Å². The van der Waals surface area contributed by atoms with Gasteiger partial charge < -0.3 is 19.9 Å². The minimum absolute atomic E-state index is 0.0308. The van der Waals surface area contributed by atoms with Crippen molar-refractivity contribution >= 4 is 34.5 Å². The Morgan fingerprint density at radius 3 is 2.93 bits per heavy atom. The van der Waals surface area contributed by atoms with E-state index in [4.69, 9.17) is 16.3 Å². The quantitative estimate of drug-likeness (QED) is 0.646. The Bertz CT molecular complexity index is 986. The van der Waals surface area contributed by atoms with Crippen LogP contribution < -0.4 is 15.0 Å². The monoisotopic (exact) mass is 412 g/mol. The van der Waals surface area contributed by atoms with E-state index in [0.29, 0.717) is 13.1 Å². The van der Waals surface area contributed by atoms with Gasteiger partial charge in [-0.25, -0.2) is 4.98 Å². The number of fused-ring (bicyclic) bond motifs is 1. The Labute approximate surface area is 175 Å². The number of aromatic nitrogens is 2. The summed E-state index contributed by atoms with van der Waals surface area (Å²) >= 11 is 5.91. The lowest BCUT2D eigenvalue weighted by molar-refractivity contribution is -0.125. The zero-order chi connectivity index (χ0) is 20.2. The molecule has 1 atom stereocenters. The van der Waals surface area contributed by atoms with E-state index in [0.717, 1.165) is 59.1 Å². The second kappa shape index (κ2) is 8.74. The van der Waals surface area contributed by atoms with Gasteiger partial charge in [0.1, 0.15) is 5.75 Å². The molecule has 1 aromatic heterocycles. The standard InChI is InChI=1S/C22H25ClN4O2/c1-29-18-8-9-19-20(13-18)26-22(25-19)27-12-2-3-16(14-27)21(28)24-11-10-15-4-6-17(23)7-5-15/h4-9,13,16H,2-3,10-12,14H2,1H3,(H,24,28)(H,25,26). The van der Waals surface area contributed by atoms with Crippen molar-refractivity contribution in [1.29, 1.82) is 0 Å². The van der Waals surface area contributed by atoms with Crippen LogP contribution >= 0.6 is 11.6 Å². The lowest BCUT2D eigenvalue weighted by Gasteiger charge is -2.31. The SMILES string of the molecule is COc1ccc2nc(N3CCCC(C(=O)NCCc4ccc(Cl)cc4)C3)[nH]c2c1. The van der Waals surface area contributed by atoms with Crippen molar-refractivity contribution in [2.75, 3.05) is 31.6 Å². The molecule has 6 nitrogen and oxygen atoms in total. The maximum absolute atomic E-state index is 12.7. The van der Waals surface area contributed by atoms with Gasteiger partial charge in [0.2, 0.25) is 11.9 Å². The highest BCUT2D eigenvalue weighted by Crippen LogP contribution is 2.25. The number of anilines is 1. The molecule has 1 unspecified atom stereocenters. The predicted molar refractivity (Wildman–Crippen MR) is 116 cm³/mol. The average molecular weight is 413 g/mol. The number of benzene rings is 2. The minimum Gasteiger partial charge on any atom is -0.497 e. The van der Waals surface area contributed by atoms with Crippen LogP contribution in [0.15, 0.2) is 42.5 Å². The largest absolute Gasteiger partial charge is 0.497 e. The predicted octanol–water partition coefficient (Wildman–Crippen LogP) is 3.80. The van der Waals surface area contributed by atoms with Crippen LogP contribution in [-0.2, 0) is 11.2 Å². The van der Waals surface area contributed by atoms with Crippen molar-refractivity contribution in [2.24, 2.45) is 5.92 Å². The van der Waals surface area contributed by atoms with Gasteiger partial charge in [0.25, 0.3) is 0 Å². The summed E-state index contributed by atoms with van der Waals surface area (Å²) < 4.78 is 5.28. The fourth-order valence-electron chi connectivity index (χ4n) is 3.76. The zero-order valence-electron chi connectivity index (χ0n) is 16.5. The van der Waals surface area contributed by atoms with Gasteiger partial charge in [0, 0.05) is 30.7 Å². The fraction of sp³-hybridized carbons (Fsp3) is 0.364. The normalized spacial score (nSPS) is 16.8. The summed E-state index contributed by atoms with van der Waals surface area (Å²) in [6, 6.07) is 13.5. The smallest absolute Gasteiger partial charge is 0.224 e. The van der Waals surface area contributed by atoms with Crippen LogP contribution in [0.1, 0.15) is 18.4 Å². The van der Waals surface area contributed by atoms with Crippen molar-refractivity contribution < 1.29 is 9.53 Å². The Morgan fingerprint density at radius 2 is 2.14 bits per heavy atom. The fourth-order valence-corrected chi connectivity index (χ4v) is 3.89. The topological polar surface area (TPSA) is 70.2 Å². The summed E-state index contributed by atoms with van der Waals surface area (Å²) in [5.41, 5.74) is 3.00. The number of piperidine rings is 1. The van der Waals surface area contributed by atoms with Crippen molar-refractivity contribution in [3.8, 4) is 5.75 Å². The van der Waals surface area contributed by atoms with E-state index >= 15 is 0 Å². The molecule has 7 heteroatoms. The highest BCUT2D eigenvalue weighted by atomic mass is 35.5. The number of carbonyl (C=O) groups is 1. The van der Waals surface area contributed by atoms with Crippen LogP contribution in [0, 0.1) is 5.92 Å². The van der Waals surface area contributed by atoms with Crippen LogP contribution in [0.25, 0.3) is 11.0 Å². The van der Waals surface area contributed by atoms with E-state index in [1.807, 2.05) is 42.5 Å². The molecule has 0 spiro atoms. The number of carbonyl (C=O) groups excluding carboxylic acids is 1. The van der Waals surface area contributed by atoms with Gasteiger partial charge in [-0.2, -0.15) is 0 Å². The molecule has 4 rings (SSSR count). The maximum atomic E-state index is 12.7. The van der Waals surface area contributed by atoms with Crippen LogP contribution in [0.5, 0.6) is 5.75 Å². The molecule has 1 aliphatic rings. The van der Waals surface area contributed by atoms with Crippen LogP contribution in [0.2, 0.25) is 5.02 Å². The molecule has 29 heavy (non-hydrogen) atoms. The molecule has 2 N–H and O–H groups in total. The van der Waals surface area contributed by atoms with Gasteiger partial charge in [-0.1, -0.05) is 23.7 Å². The molecule has 1 saturated heterocycles. The van der Waals surface area contributed by atoms with Crippen molar-refractivity contribution in [2.45, 2.75) is 19.3 Å². The van der Waals surface area contributed by atoms with E-state index in [1.54, 1.807) is 7.11 Å². The van der Waals surface area contributed by atoms with E-state index in [1.165, 1.54) is 0 Å². The molecular formula is C22H25ClN4O2. The van der Waals surface area contributed by atoms with Crippen molar-refractivity contribution in [3.05, 3.63) is 53.1 Å². The molecule has 152 valence electrons. The van der Waals surface area contributed by atoms with E-state index in [9.17, 15) is 4.79 Å². The summed E-state index contributed by atoms with van der Waals surface area (Å²) in [6.45, 7) is 2.19. The molecule has 3 aromatic rings. The van der Waals surface area contributed by atoms with Gasteiger partial charge >= 0.3 is 0 Å². The first-order valence-corrected chi connectivity index (χ1v) is 10.3. The van der Waals surface area contributed by atoms with E-state index < -0.39 is 0 Å². The Morgan fingerprint density at radius 1 is 1.31 bits per heavy atom. The molecule has 0 radical (unpaired) electrons. The third-order valence-electron chi connectivity index (χ3n) is 5.39. The average Bonchev–Trinajstić information content (AvgIpc) is 3.18. The molecule has 2 heterocycles.